The molecule has 0 aromatic rings. The molecule has 1 N–H and O–H groups in total. The van der Waals surface area contributed by atoms with Crippen LogP contribution in [-0.2, 0) is 9.53 Å². The molecule has 1 aliphatic rings. The first-order valence-electron chi connectivity index (χ1n) is 11.3. The number of carbonyl (C=O) groups is 2. The number of amides is 1. The average molecular weight is 414 g/mol. The second kappa shape index (κ2) is 16.3. The molecule has 1 fully saturated rings. The zero-order valence-corrected chi connectivity index (χ0v) is 20.7. The van der Waals surface area contributed by atoms with Crippen LogP contribution < -0.4 is 5.32 Å². The third-order valence-electron chi connectivity index (χ3n) is 4.39. The molecule has 6 nitrogen and oxygen atoms in total. The number of hydrogen-bond acceptors (Lipinski definition) is 5. The van der Waals surface area contributed by atoms with Crippen molar-refractivity contribution in [3.05, 3.63) is 11.8 Å². The van der Waals surface area contributed by atoms with Crippen molar-refractivity contribution >= 4 is 12.4 Å². The fraction of sp³-hybridized carbons (Fsp3) is 0.826. The second-order valence-electron chi connectivity index (χ2n) is 7.65. The fourth-order valence-corrected chi connectivity index (χ4v) is 3.09. The Hall–Kier alpha value is -1.56. The van der Waals surface area contributed by atoms with Crippen LogP contribution in [0.1, 0.15) is 81.6 Å². The highest BCUT2D eigenvalue weighted by Crippen LogP contribution is 2.19. The van der Waals surface area contributed by atoms with Crippen molar-refractivity contribution in [1.29, 1.82) is 0 Å². The largest absolute Gasteiger partial charge is 0.444 e. The molecule has 0 saturated carbocycles. The smallest absolute Gasteiger partial charge is 0.410 e. The van der Waals surface area contributed by atoms with Crippen LogP contribution in [0.4, 0.5) is 4.79 Å². The Morgan fingerprint density at radius 2 is 1.79 bits per heavy atom. The van der Waals surface area contributed by atoms with Gasteiger partial charge in [-0.2, -0.15) is 0 Å². The monoisotopic (exact) mass is 413 g/mol. The molecular formula is C23H47N3O3. The van der Waals surface area contributed by atoms with Gasteiger partial charge in [-0.05, 0) is 47.0 Å². The van der Waals surface area contributed by atoms with Gasteiger partial charge in [0.05, 0.1) is 6.04 Å². The summed E-state index contributed by atoms with van der Waals surface area (Å²) in [5.74, 6) is 0. The van der Waals surface area contributed by atoms with E-state index < -0.39 is 5.60 Å². The molecule has 1 amide bonds. The lowest BCUT2D eigenvalue weighted by atomic mass is 10.1. The van der Waals surface area contributed by atoms with Gasteiger partial charge in [0.25, 0.3) is 0 Å². The van der Waals surface area contributed by atoms with E-state index in [9.17, 15) is 9.59 Å². The van der Waals surface area contributed by atoms with Gasteiger partial charge >= 0.3 is 6.09 Å². The number of ether oxygens (including phenoxy) is 1. The van der Waals surface area contributed by atoms with Crippen LogP contribution in [0, 0.1) is 0 Å². The Bertz CT molecular complexity index is 472. The maximum atomic E-state index is 12.3. The second-order valence-corrected chi connectivity index (χ2v) is 7.65. The summed E-state index contributed by atoms with van der Waals surface area (Å²) in [6.45, 7) is 19.7. The SMILES string of the molecule is CC.CC.CC/C=C(/CCC(C=O)N1CCN(C(=O)OC(C)(C)C)C(C)C1)NC. The van der Waals surface area contributed by atoms with E-state index in [1.165, 1.54) is 5.70 Å². The molecule has 0 spiro atoms. The Morgan fingerprint density at radius 3 is 2.21 bits per heavy atom. The maximum absolute atomic E-state index is 12.3. The third kappa shape index (κ3) is 11.9. The summed E-state index contributed by atoms with van der Waals surface area (Å²) in [7, 11) is 1.92. The predicted octanol–water partition coefficient (Wildman–Crippen LogP) is 4.84. The van der Waals surface area contributed by atoms with Crippen molar-refractivity contribution in [1.82, 2.24) is 15.1 Å². The Morgan fingerprint density at radius 1 is 1.21 bits per heavy atom. The molecule has 1 aliphatic heterocycles. The third-order valence-corrected chi connectivity index (χ3v) is 4.39. The lowest BCUT2D eigenvalue weighted by molar-refractivity contribution is -0.113. The molecular weight excluding hydrogens is 366 g/mol. The van der Waals surface area contributed by atoms with Crippen LogP contribution in [0.2, 0.25) is 0 Å². The molecule has 0 aliphatic carbocycles. The van der Waals surface area contributed by atoms with E-state index in [0.29, 0.717) is 19.6 Å². The number of nitrogens with zero attached hydrogens (tertiary/aromatic N) is 2. The number of aldehydes is 1. The standard InChI is InChI=1S/C19H35N3O3.2C2H6/c1-7-8-16(20-6)9-10-17(14-23)21-11-12-22(15(2)13-21)18(24)25-19(3,4)5;2*1-2/h8,14-15,17,20H,7,9-13H2,1-6H3;2*1-2H3/b16-8-;;. The number of hydrogen-bond donors (Lipinski definition) is 1. The first kappa shape index (κ1) is 29.6. The highest BCUT2D eigenvalue weighted by molar-refractivity contribution is 5.68. The average Bonchev–Trinajstić information content (AvgIpc) is 2.69. The van der Waals surface area contributed by atoms with Gasteiger partial charge in [0.15, 0.2) is 0 Å². The number of piperazine rings is 1. The van der Waals surface area contributed by atoms with Gasteiger partial charge in [-0.15, -0.1) is 0 Å². The molecule has 172 valence electrons. The summed E-state index contributed by atoms with van der Waals surface area (Å²) in [6.07, 6.45) is 5.54. The van der Waals surface area contributed by atoms with Gasteiger partial charge in [0.1, 0.15) is 11.9 Å². The van der Waals surface area contributed by atoms with Gasteiger partial charge < -0.3 is 19.7 Å². The van der Waals surface area contributed by atoms with Crippen molar-refractivity contribution in [3.63, 3.8) is 0 Å². The van der Waals surface area contributed by atoms with E-state index >= 15 is 0 Å². The summed E-state index contributed by atoms with van der Waals surface area (Å²) in [5.41, 5.74) is 0.684. The quantitative estimate of drug-likeness (QED) is 0.605. The van der Waals surface area contributed by atoms with E-state index in [1.807, 2.05) is 62.4 Å². The predicted molar refractivity (Wildman–Crippen MR) is 123 cm³/mol. The van der Waals surface area contributed by atoms with Crippen molar-refractivity contribution in [2.24, 2.45) is 0 Å². The van der Waals surface area contributed by atoms with E-state index in [1.54, 1.807) is 4.90 Å². The van der Waals surface area contributed by atoms with Crippen LogP contribution in [0.25, 0.3) is 0 Å². The van der Waals surface area contributed by atoms with Crippen molar-refractivity contribution in [3.8, 4) is 0 Å². The first-order valence-corrected chi connectivity index (χ1v) is 11.3. The number of nitrogens with one attached hydrogen (secondary N) is 1. The van der Waals surface area contributed by atoms with Gasteiger partial charge in [0, 0.05) is 38.4 Å². The molecule has 0 aromatic heterocycles. The maximum Gasteiger partial charge on any atom is 0.410 e. The minimum atomic E-state index is -0.492. The van der Waals surface area contributed by atoms with Gasteiger partial charge in [-0.3, -0.25) is 4.90 Å². The molecule has 0 aromatic carbocycles. The van der Waals surface area contributed by atoms with Crippen LogP contribution in [0.5, 0.6) is 0 Å². The van der Waals surface area contributed by atoms with E-state index in [2.05, 4.69) is 23.2 Å². The molecule has 1 saturated heterocycles. The Kier molecular flexibility index (Phi) is 16.6. The van der Waals surface area contributed by atoms with E-state index in [-0.39, 0.29) is 18.2 Å². The fourth-order valence-electron chi connectivity index (χ4n) is 3.09. The summed E-state index contributed by atoms with van der Waals surface area (Å²) in [4.78, 5) is 27.8. The highest BCUT2D eigenvalue weighted by Gasteiger charge is 2.33. The van der Waals surface area contributed by atoms with Gasteiger partial charge in [0.2, 0.25) is 0 Å². The molecule has 0 bridgehead atoms. The van der Waals surface area contributed by atoms with Gasteiger partial charge in [-0.25, -0.2) is 4.79 Å². The molecule has 2 unspecified atom stereocenters. The zero-order valence-electron chi connectivity index (χ0n) is 20.7. The number of allylic oxidation sites excluding steroid dienone is 2. The highest BCUT2D eigenvalue weighted by atomic mass is 16.6. The Balaban J connectivity index is 0. The van der Waals surface area contributed by atoms with Crippen LogP contribution in [-0.4, -0.2) is 66.5 Å². The molecule has 29 heavy (non-hydrogen) atoms. The lowest BCUT2D eigenvalue weighted by Gasteiger charge is -2.42. The van der Waals surface area contributed by atoms with E-state index in [0.717, 1.165) is 25.5 Å². The zero-order chi connectivity index (χ0) is 23.0. The minimum Gasteiger partial charge on any atom is -0.444 e. The van der Waals surface area contributed by atoms with Crippen molar-refractivity contribution in [2.75, 3.05) is 26.7 Å². The minimum absolute atomic E-state index is 0.0287. The summed E-state index contributed by atoms with van der Waals surface area (Å²) < 4.78 is 5.47. The van der Waals surface area contributed by atoms with Crippen LogP contribution in [0.15, 0.2) is 11.8 Å². The molecule has 6 heteroatoms. The first-order chi connectivity index (χ1) is 13.7. The number of rotatable bonds is 7. The number of carbonyl (C=O) groups excluding carboxylic acids is 2. The molecule has 2 atom stereocenters. The molecule has 0 radical (unpaired) electrons. The van der Waals surface area contributed by atoms with Crippen molar-refractivity contribution < 1.29 is 14.3 Å². The van der Waals surface area contributed by atoms with Gasteiger partial charge in [-0.1, -0.05) is 40.7 Å². The molecule has 1 heterocycles. The summed E-state index contributed by atoms with van der Waals surface area (Å²) in [5, 5.41) is 3.20. The van der Waals surface area contributed by atoms with Crippen LogP contribution in [0.3, 0.4) is 0 Å². The lowest BCUT2D eigenvalue weighted by Crippen LogP contribution is -2.57. The summed E-state index contributed by atoms with van der Waals surface area (Å²) >= 11 is 0. The molecule has 1 rings (SSSR count). The van der Waals surface area contributed by atoms with E-state index in [4.69, 9.17) is 4.74 Å². The van der Waals surface area contributed by atoms with Crippen molar-refractivity contribution in [2.45, 2.75) is 99.3 Å². The van der Waals surface area contributed by atoms with Crippen LogP contribution >= 0.6 is 0 Å². The Labute approximate surface area is 180 Å². The topological polar surface area (TPSA) is 61.9 Å². The summed E-state index contributed by atoms with van der Waals surface area (Å²) in [6, 6.07) is -0.0853. The normalized spacial score (nSPS) is 18.5.